The van der Waals surface area contributed by atoms with Gasteiger partial charge in [-0.25, -0.2) is 0 Å². The Morgan fingerprint density at radius 1 is 0.897 bits per heavy atom. The van der Waals surface area contributed by atoms with Crippen LogP contribution in [-0.4, -0.2) is 13.8 Å². The van der Waals surface area contributed by atoms with E-state index in [0.717, 1.165) is 11.4 Å². The Hall–Kier alpha value is -2.65. The lowest BCUT2D eigenvalue weighted by atomic mass is 9.87. The average Bonchev–Trinajstić information content (AvgIpc) is 2.66. The van der Waals surface area contributed by atoms with Crippen molar-refractivity contribution in [3.63, 3.8) is 0 Å². The van der Waals surface area contributed by atoms with E-state index in [0.29, 0.717) is 11.1 Å². The highest BCUT2D eigenvalue weighted by Crippen LogP contribution is 2.49. The number of allylic oxidation sites excluding steroid dienone is 5. The maximum Gasteiger partial charge on any atom is 0.196 e. The standard InChI is InChI=1S/C26H30N2Si/c1-16(2)29(17(3)4)24-14-19(27)10-12-22(24)26(21-9-7-6-8-18(21)5)23-13-11-20(28)15-25(23)29/h6-17,27H,28H2,1-5H3/p+1. The van der Waals surface area contributed by atoms with Gasteiger partial charge in [0.25, 0.3) is 0 Å². The zero-order valence-corrected chi connectivity index (χ0v) is 19.1. The summed E-state index contributed by atoms with van der Waals surface area (Å²) in [4.78, 5) is 0. The molecule has 2 aliphatic rings. The number of nitrogens with two attached hydrogens (primary N) is 2. The summed E-state index contributed by atoms with van der Waals surface area (Å²) in [6.45, 7) is 11.7. The van der Waals surface area contributed by atoms with Crippen LogP contribution < -0.4 is 16.3 Å². The van der Waals surface area contributed by atoms with Gasteiger partial charge in [0.05, 0.1) is 0 Å². The SMILES string of the molecule is Cc1ccccc1C1=C2C=CC(=[NH2+])C=C2[Si](C(C)C)(C(C)C)c2cc(N)ccc21. The molecule has 0 saturated carbocycles. The number of rotatable bonds is 3. The summed E-state index contributed by atoms with van der Waals surface area (Å²) in [6, 6.07) is 15.2. The lowest BCUT2D eigenvalue weighted by Gasteiger charge is -2.47. The number of anilines is 1. The van der Waals surface area contributed by atoms with E-state index in [2.05, 4.69) is 95.3 Å². The first-order valence-corrected chi connectivity index (χ1v) is 12.7. The van der Waals surface area contributed by atoms with Gasteiger partial charge in [-0.2, -0.15) is 0 Å². The molecule has 0 radical (unpaired) electrons. The predicted molar refractivity (Wildman–Crippen MR) is 128 cm³/mol. The monoisotopic (exact) mass is 399 g/mol. The number of aryl methyl sites for hydroxylation is 1. The van der Waals surface area contributed by atoms with Crippen LogP contribution >= 0.6 is 0 Å². The highest BCUT2D eigenvalue weighted by molar-refractivity contribution is 7.01. The van der Waals surface area contributed by atoms with Crippen LogP contribution in [0.3, 0.4) is 0 Å². The second-order valence-corrected chi connectivity index (χ2v) is 14.1. The van der Waals surface area contributed by atoms with E-state index < -0.39 is 8.07 Å². The molecular weight excluding hydrogens is 368 g/mol. The first-order valence-electron chi connectivity index (χ1n) is 10.5. The first-order chi connectivity index (χ1) is 13.8. The summed E-state index contributed by atoms with van der Waals surface area (Å²) in [6.07, 6.45) is 6.56. The summed E-state index contributed by atoms with van der Waals surface area (Å²) < 4.78 is 0. The van der Waals surface area contributed by atoms with Gasteiger partial charge in [-0.1, -0.05) is 58.0 Å². The third-order valence-corrected chi connectivity index (χ3v) is 13.0. The molecular formula is C26H31N2Si+. The van der Waals surface area contributed by atoms with Crippen molar-refractivity contribution in [2.24, 2.45) is 0 Å². The second kappa shape index (κ2) is 6.99. The Balaban J connectivity index is 2.20. The number of hydrogen-bond acceptors (Lipinski definition) is 1. The van der Waals surface area contributed by atoms with Crippen LogP contribution in [0, 0.1) is 6.92 Å². The van der Waals surface area contributed by atoms with Gasteiger partial charge in [0.15, 0.2) is 5.71 Å². The summed E-state index contributed by atoms with van der Waals surface area (Å²) in [5.41, 5.74) is 15.7. The molecule has 0 bridgehead atoms. The van der Waals surface area contributed by atoms with Crippen molar-refractivity contribution in [3.8, 4) is 0 Å². The Bertz CT molecular complexity index is 1090. The van der Waals surface area contributed by atoms with Gasteiger partial charge >= 0.3 is 0 Å². The van der Waals surface area contributed by atoms with Crippen LogP contribution in [-0.2, 0) is 0 Å². The largest absolute Gasteiger partial charge is 0.399 e. The zero-order chi connectivity index (χ0) is 20.9. The van der Waals surface area contributed by atoms with Crippen molar-refractivity contribution in [1.82, 2.24) is 0 Å². The van der Waals surface area contributed by atoms with Crippen molar-refractivity contribution in [3.05, 3.63) is 88.2 Å². The molecule has 4 rings (SSSR count). The molecule has 0 unspecified atom stereocenters. The van der Waals surface area contributed by atoms with Crippen LogP contribution in [0.5, 0.6) is 0 Å². The molecule has 29 heavy (non-hydrogen) atoms. The fourth-order valence-corrected chi connectivity index (χ4v) is 11.8. The van der Waals surface area contributed by atoms with Gasteiger partial charge in [-0.3, -0.25) is 5.41 Å². The molecule has 0 saturated heterocycles. The normalized spacial score (nSPS) is 17.5. The Morgan fingerprint density at radius 3 is 2.24 bits per heavy atom. The molecule has 2 nitrogen and oxygen atoms in total. The van der Waals surface area contributed by atoms with Crippen molar-refractivity contribution in [2.45, 2.75) is 45.7 Å². The van der Waals surface area contributed by atoms with Crippen molar-refractivity contribution in [1.29, 1.82) is 0 Å². The Labute approximate surface area is 175 Å². The van der Waals surface area contributed by atoms with Gasteiger partial charge in [-0.05, 0) is 74.4 Å². The van der Waals surface area contributed by atoms with E-state index in [1.165, 1.54) is 38.2 Å². The van der Waals surface area contributed by atoms with Crippen molar-refractivity contribution in [2.75, 3.05) is 5.73 Å². The van der Waals surface area contributed by atoms with E-state index in [1.54, 1.807) is 0 Å². The first kappa shape index (κ1) is 19.7. The maximum atomic E-state index is 6.36. The molecule has 0 atom stereocenters. The van der Waals surface area contributed by atoms with Crippen molar-refractivity contribution < 1.29 is 5.41 Å². The van der Waals surface area contributed by atoms with E-state index in [4.69, 9.17) is 11.1 Å². The summed E-state index contributed by atoms with van der Waals surface area (Å²) in [5.74, 6) is 0. The Kier molecular flexibility index (Phi) is 4.74. The van der Waals surface area contributed by atoms with Crippen LogP contribution in [0.4, 0.5) is 5.69 Å². The minimum atomic E-state index is -2.11. The molecule has 3 heteroatoms. The molecule has 1 heterocycles. The van der Waals surface area contributed by atoms with E-state index in [-0.39, 0.29) is 0 Å². The lowest BCUT2D eigenvalue weighted by molar-refractivity contribution is -0.110. The van der Waals surface area contributed by atoms with Crippen LogP contribution in [0.1, 0.15) is 44.4 Å². The highest BCUT2D eigenvalue weighted by atomic mass is 28.3. The van der Waals surface area contributed by atoms with Gasteiger partial charge in [0, 0.05) is 17.8 Å². The lowest BCUT2D eigenvalue weighted by Crippen LogP contribution is -2.59. The number of fused-ring (bicyclic) bond motifs is 2. The number of nitrogen functional groups attached to an aromatic ring is 1. The summed E-state index contributed by atoms with van der Waals surface area (Å²) in [5, 5.41) is 9.27. The van der Waals surface area contributed by atoms with Crippen LogP contribution in [0.25, 0.3) is 5.57 Å². The van der Waals surface area contributed by atoms with E-state index >= 15 is 0 Å². The molecule has 1 aliphatic carbocycles. The van der Waals surface area contributed by atoms with Crippen LogP contribution in [0.15, 0.2) is 71.5 Å². The topological polar surface area (TPSA) is 51.6 Å². The maximum absolute atomic E-state index is 6.36. The molecule has 2 aromatic carbocycles. The van der Waals surface area contributed by atoms with Crippen LogP contribution in [0.2, 0.25) is 11.1 Å². The molecule has 2 aromatic rings. The fourth-order valence-electron chi connectivity index (χ4n) is 5.59. The zero-order valence-electron chi connectivity index (χ0n) is 18.1. The summed E-state index contributed by atoms with van der Waals surface area (Å²) >= 11 is 0. The summed E-state index contributed by atoms with van der Waals surface area (Å²) in [7, 11) is -2.11. The molecule has 0 fully saturated rings. The average molecular weight is 400 g/mol. The van der Waals surface area contributed by atoms with Gasteiger partial charge < -0.3 is 5.73 Å². The highest BCUT2D eigenvalue weighted by Gasteiger charge is 2.51. The van der Waals surface area contributed by atoms with Gasteiger partial charge in [0.2, 0.25) is 0 Å². The quantitative estimate of drug-likeness (QED) is 0.592. The predicted octanol–water partition coefficient (Wildman–Crippen LogP) is 4.10. The molecule has 0 aromatic heterocycles. The number of benzene rings is 2. The molecule has 0 amide bonds. The minimum absolute atomic E-state index is 0.530. The van der Waals surface area contributed by atoms with Gasteiger partial charge in [-0.15, -0.1) is 0 Å². The Morgan fingerprint density at radius 2 is 1.59 bits per heavy atom. The minimum Gasteiger partial charge on any atom is -0.399 e. The van der Waals surface area contributed by atoms with E-state index in [1.807, 2.05) is 0 Å². The third kappa shape index (κ3) is 2.79. The van der Waals surface area contributed by atoms with Gasteiger partial charge in [0.1, 0.15) is 8.07 Å². The fraction of sp³-hybridized carbons (Fsp3) is 0.269. The molecule has 4 N–H and O–H groups in total. The van der Waals surface area contributed by atoms with E-state index in [9.17, 15) is 0 Å². The van der Waals surface area contributed by atoms with Crippen molar-refractivity contribution >= 4 is 30.2 Å². The third-order valence-electron chi connectivity index (χ3n) is 6.75. The number of hydrogen-bond donors (Lipinski definition) is 2. The smallest absolute Gasteiger partial charge is 0.196 e. The molecule has 0 spiro atoms. The second-order valence-electron chi connectivity index (χ2n) is 8.98. The molecule has 1 aliphatic heterocycles. The molecule has 148 valence electrons.